The Hall–Kier alpha value is -3.00. The highest BCUT2D eigenvalue weighted by atomic mass is 35.5. The van der Waals surface area contributed by atoms with Gasteiger partial charge in [-0.1, -0.05) is 0 Å². The molecule has 2 aromatic carbocycles. The maximum Gasteiger partial charge on any atom is 0.235 e. The molecule has 2 unspecified atom stereocenters. The number of halogens is 1. The Morgan fingerprint density at radius 3 is 1.64 bits per heavy atom. The summed E-state index contributed by atoms with van der Waals surface area (Å²) in [5.74, 6) is 3.93. The molecule has 1 aliphatic heterocycles. The molecule has 1 aliphatic carbocycles. The van der Waals surface area contributed by atoms with Crippen LogP contribution in [0.25, 0.3) is 0 Å². The summed E-state index contributed by atoms with van der Waals surface area (Å²) >= 11 is 0. The number of hydrogen-bond donors (Lipinski definition) is 0. The van der Waals surface area contributed by atoms with E-state index >= 15 is 0 Å². The number of benzene rings is 2. The molecule has 0 spiro atoms. The van der Waals surface area contributed by atoms with Crippen LogP contribution in [-0.2, 0) is 13.1 Å². The van der Waals surface area contributed by atoms with Crippen LogP contribution in [0.4, 0.5) is 0 Å². The Balaban J connectivity index is 0.00000361. The van der Waals surface area contributed by atoms with Gasteiger partial charge in [-0.2, -0.15) is 0 Å². The van der Waals surface area contributed by atoms with Crippen LogP contribution >= 0.6 is 0 Å². The number of fused-ring (bicyclic) bond motifs is 1. The second-order valence-electron chi connectivity index (χ2n) is 8.95. The fraction of sp³-hybridized carbons (Fsp3) is 0.519. The molecule has 0 bridgehead atoms. The van der Waals surface area contributed by atoms with Crippen LogP contribution < -0.4 is 40.8 Å². The van der Waals surface area contributed by atoms with Crippen molar-refractivity contribution in [3.05, 3.63) is 35.4 Å². The van der Waals surface area contributed by atoms with E-state index in [1.807, 2.05) is 24.3 Å². The van der Waals surface area contributed by atoms with Gasteiger partial charge >= 0.3 is 0 Å². The van der Waals surface area contributed by atoms with Crippen molar-refractivity contribution >= 4 is 6.34 Å². The Morgan fingerprint density at radius 2 is 1.17 bits per heavy atom. The van der Waals surface area contributed by atoms with Crippen molar-refractivity contribution in [2.75, 3.05) is 42.7 Å². The van der Waals surface area contributed by atoms with Crippen molar-refractivity contribution in [3.8, 4) is 34.5 Å². The topological polar surface area (TPSA) is 61.6 Å². The summed E-state index contributed by atoms with van der Waals surface area (Å²) in [7, 11) is 9.86. The SMILES string of the molecule is COc1cc(CN2C=[N+](Cc3cc(OC)c(OC)c(OC)c3)C3CCCCC32)cc(OC)c1OC.[Cl-]. The van der Waals surface area contributed by atoms with E-state index in [-0.39, 0.29) is 12.4 Å². The zero-order chi connectivity index (χ0) is 24.9. The van der Waals surface area contributed by atoms with E-state index < -0.39 is 0 Å². The molecule has 1 fully saturated rings. The second kappa shape index (κ2) is 12.3. The van der Waals surface area contributed by atoms with Gasteiger partial charge < -0.3 is 40.8 Å². The molecule has 36 heavy (non-hydrogen) atoms. The lowest BCUT2D eigenvalue weighted by Crippen LogP contribution is -3.00. The molecular weight excluding hydrogens is 484 g/mol. The molecule has 0 N–H and O–H groups in total. The number of nitrogens with zero attached hydrogens (tertiary/aromatic N) is 2. The number of ether oxygens (including phenoxy) is 6. The molecule has 2 atom stereocenters. The molecule has 0 amide bonds. The maximum absolute atomic E-state index is 5.58. The molecule has 2 aromatic rings. The van der Waals surface area contributed by atoms with Crippen LogP contribution in [0, 0.1) is 0 Å². The van der Waals surface area contributed by atoms with E-state index in [1.165, 1.54) is 25.7 Å². The third kappa shape index (κ3) is 5.38. The maximum atomic E-state index is 5.58. The van der Waals surface area contributed by atoms with Crippen molar-refractivity contribution < 1.29 is 45.4 Å². The highest BCUT2D eigenvalue weighted by Gasteiger charge is 2.43. The summed E-state index contributed by atoms with van der Waals surface area (Å²) in [6, 6.07) is 9.07. The van der Waals surface area contributed by atoms with E-state index in [1.54, 1.807) is 42.7 Å². The predicted octanol–water partition coefficient (Wildman–Crippen LogP) is 1.11. The molecule has 9 heteroatoms. The predicted molar refractivity (Wildman–Crippen MR) is 134 cm³/mol. The smallest absolute Gasteiger partial charge is 0.235 e. The highest BCUT2D eigenvalue weighted by Crippen LogP contribution is 2.41. The van der Waals surface area contributed by atoms with Gasteiger partial charge in [0, 0.05) is 11.1 Å². The summed E-state index contributed by atoms with van der Waals surface area (Å²) in [4.78, 5) is 2.46. The fourth-order valence-corrected chi connectivity index (χ4v) is 5.42. The van der Waals surface area contributed by atoms with Crippen molar-refractivity contribution in [3.63, 3.8) is 0 Å². The van der Waals surface area contributed by atoms with Crippen molar-refractivity contribution in [2.24, 2.45) is 0 Å². The number of hydrogen-bond acceptors (Lipinski definition) is 7. The summed E-state index contributed by atoms with van der Waals surface area (Å²) in [6.45, 7) is 1.53. The van der Waals surface area contributed by atoms with Gasteiger partial charge in [0.25, 0.3) is 0 Å². The third-order valence-electron chi connectivity index (χ3n) is 7.02. The molecule has 4 rings (SSSR count). The first kappa shape index (κ1) is 27.6. The highest BCUT2D eigenvalue weighted by molar-refractivity contribution is 5.57. The third-order valence-corrected chi connectivity index (χ3v) is 7.02. The zero-order valence-electron chi connectivity index (χ0n) is 22.0. The first-order chi connectivity index (χ1) is 17.1. The largest absolute Gasteiger partial charge is 1.00 e. The van der Waals surface area contributed by atoms with Gasteiger partial charge in [0.2, 0.25) is 17.8 Å². The zero-order valence-corrected chi connectivity index (χ0v) is 22.8. The Morgan fingerprint density at radius 1 is 0.694 bits per heavy atom. The van der Waals surface area contributed by atoms with Crippen LogP contribution in [-0.4, -0.2) is 70.6 Å². The molecule has 0 saturated heterocycles. The Kier molecular flexibility index (Phi) is 9.43. The van der Waals surface area contributed by atoms with Gasteiger partial charge in [-0.15, -0.1) is 0 Å². The summed E-state index contributed by atoms with van der Waals surface area (Å²) in [5.41, 5.74) is 2.24. The lowest BCUT2D eigenvalue weighted by atomic mass is 9.89. The molecule has 0 aromatic heterocycles. The molecule has 2 aliphatic rings. The normalized spacial score (nSPS) is 18.5. The minimum absolute atomic E-state index is 0. The van der Waals surface area contributed by atoms with Crippen molar-refractivity contribution in [1.29, 1.82) is 0 Å². The number of methoxy groups -OCH3 is 6. The van der Waals surface area contributed by atoms with Crippen LogP contribution in [0.3, 0.4) is 0 Å². The summed E-state index contributed by atoms with van der Waals surface area (Å²) < 4.78 is 35.8. The van der Waals surface area contributed by atoms with Crippen LogP contribution in [0.2, 0.25) is 0 Å². The van der Waals surface area contributed by atoms with Crippen LogP contribution in [0.1, 0.15) is 36.8 Å². The first-order valence-corrected chi connectivity index (χ1v) is 12.0. The molecule has 0 radical (unpaired) electrons. The van der Waals surface area contributed by atoms with Gasteiger partial charge in [0.15, 0.2) is 23.0 Å². The Bertz CT molecular complexity index is 1030. The Labute approximate surface area is 220 Å². The van der Waals surface area contributed by atoms with Crippen LogP contribution in [0.15, 0.2) is 24.3 Å². The lowest BCUT2D eigenvalue weighted by Gasteiger charge is -2.27. The average Bonchev–Trinajstić information content (AvgIpc) is 3.23. The van der Waals surface area contributed by atoms with E-state index in [4.69, 9.17) is 28.4 Å². The second-order valence-corrected chi connectivity index (χ2v) is 8.95. The molecule has 1 saturated carbocycles. The molecule has 198 valence electrons. The number of rotatable bonds is 10. The minimum atomic E-state index is 0. The van der Waals surface area contributed by atoms with E-state index in [0.717, 1.165) is 24.2 Å². The van der Waals surface area contributed by atoms with Gasteiger partial charge in [-0.05, 0) is 49.9 Å². The molecular formula is C27H37ClN2O6. The minimum Gasteiger partial charge on any atom is -1.00 e. The van der Waals surface area contributed by atoms with Crippen LogP contribution in [0.5, 0.6) is 34.5 Å². The van der Waals surface area contributed by atoms with Gasteiger partial charge in [-0.25, -0.2) is 0 Å². The average molecular weight is 521 g/mol. The van der Waals surface area contributed by atoms with Gasteiger partial charge in [-0.3, -0.25) is 9.48 Å². The van der Waals surface area contributed by atoms with Crippen molar-refractivity contribution in [2.45, 2.75) is 50.9 Å². The van der Waals surface area contributed by atoms with Crippen molar-refractivity contribution in [1.82, 2.24) is 4.90 Å². The lowest BCUT2D eigenvalue weighted by molar-refractivity contribution is -0.573. The molecule has 8 nitrogen and oxygen atoms in total. The quantitative estimate of drug-likeness (QED) is 0.435. The fourth-order valence-electron chi connectivity index (χ4n) is 5.42. The van der Waals surface area contributed by atoms with E-state index in [2.05, 4.69) is 15.8 Å². The van der Waals surface area contributed by atoms with Gasteiger partial charge in [0.1, 0.15) is 25.2 Å². The summed E-state index contributed by atoms with van der Waals surface area (Å²) in [6.07, 6.45) is 7.14. The monoisotopic (exact) mass is 520 g/mol. The summed E-state index contributed by atoms with van der Waals surface area (Å²) in [5, 5.41) is 0. The standard InChI is InChI=1S/C27H37N2O6.ClH/c1-30-22-11-18(12-23(31-2)26(22)34-5)15-28-17-29(21-10-8-7-9-20(21)28)16-19-13-24(32-3)27(35-6)25(14-19)33-4;/h11-14,17,20-21H,7-10,15-16H2,1-6H3;1H/q+1;/p-1. The van der Waals surface area contributed by atoms with Gasteiger partial charge in [0.05, 0.1) is 42.7 Å². The van der Waals surface area contributed by atoms with E-state index in [9.17, 15) is 0 Å². The van der Waals surface area contributed by atoms with E-state index in [0.29, 0.717) is 46.6 Å². The molecule has 1 heterocycles. The first-order valence-electron chi connectivity index (χ1n) is 12.0.